The van der Waals surface area contributed by atoms with E-state index in [1.807, 2.05) is 31.2 Å². The van der Waals surface area contributed by atoms with Crippen molar-refractivity contribution in [2.75, 3.05) is 13.2 Å². The van der Waals surface area contributed by atoms with Crippen LogP contribution in [0.1, 0.15) is 22.1 Å². The molecule has 3 rings (SSSR count). The topological polar surface area (TPSA) is 38.7 Å². The Labute approximate surface area is 123 Å². The molecule has 2 aromatic rings. The number of halogens is 1. The van der Waals surface area contributed by atoms with Gasteiger partial charge in [0.15, 0.2) is 11.5 Å². The standard InChI is InChI=1S/C14H13BrO3S/c1-8-6-12(19-14(8)15)13(16)9-2-3-10-11(7-9)18-5-4-17-10/h2-3,6-7,13,16H,4-5H2,1H3. The summed E-state index contributed by atoms with van der Waals surface area (Å²) in [6.45, 7) is 3.14. The molecule has 1 N–H and O–H groups in total. The summed E-state index contributed by atoms with van der Waals surface area (Å²) in [4.78, 5) is 0.918. The zero-order valence-corrected chi connectivity index (χ0v) is 12.8. The van der Waals surface area contributed by atoms with Gasteiger partial charge in [-0.25, -0.2) is 0 Å². The Morgan fingerprint density at radius 3 is 2.63 bits per heavy atom. The van der Waals surface area contributed by atoms with Gasteiger partial charge in [0.2, 0.25) is 0 Å². The number of aryl methyl sites for hydroxylation is 1. The van der Waals surface area contributed by atoms with Gasteiger partial charge in [-0.1, -0.05) is 6.07 Å². The van der Waals surface area contributed by atoms with E-state index in [0.29, 0.717) is 19.0 Å². The molecule has 19 heavy (non-hydrogen) atoms. The Kier molecular flexibility index (Phi) is 3.52. The molecule has 2 heterocycles. The first-order valence-corrected chi connectivity index (χ1v) is 7.59. The minimum absolute atomic E-state index is 0.552. The Bertz CT molecular complexity index is 589. The van der Waals surface area contributed by atoms with Crippen LogP contribution in [-0.4, -0.2) is 18.3 Å². The number of benzene rings is 1. The highest BCUT2D eigenvalue weighted by Crippen LogP contribution is 2.38. The summed E-state index contributed by atoms with van der Waals surface area (Å²) in [5, 5.41) is 10.4. The summed E-state index contributed by atoms with van der Waals surface area (Å²) in [6, 6.07) is 7.57. The van der Waals surface area contributed by atoms with Crippen molar-refractivity contribution >= 4 is 27.3 Å². The van der Waals surface area contributed by atoms with Crippen molar-refractivity contribution < 1.29 is 14.6 Å². The number of hydrogen-bond acceptors (Lipinski definition) is 4. The van der Waals surface area contributed by atoms with Gasteiger partial charge >= 0.3 is 0 Å². The molecule has 0 radical (unpaired) electrons. The molecule has 0 aliphatic carbocycles. The van der Waals surface area contributed by atoms with Crippen LogP contribution >= 0.6 is 27.3 Å². The second-order valence-corrected chi connectivity index (χ2v) is 6.81. The second-order valence-electron chi connectivity index (χ2n) is 4.41. The van der Waals surface area contributed by atoms with Gasteiger partial charge in [0.1, 0.15) is 19.3 Å². The van der Waals surface area contributed by atoms with E-state index in [-0.39, 0.29) is 0 Å². The molecule has 0 saturated carbocycles. The molecular formula is C14H13BrO3S. The summed E-state index contributed by atoms with van der Waals surface area (Å²) in [6.07, 6.45) is -0.633. The van der Waals surface area contributed by atoms with Gasteiger partial charge in [-0.2, -0.15) is 0 Å². The quantitative estimate of drug-likeness (QED) is 0.906. The van der Waals surface area contributed by atoms with Crippen LogP contribution in [0.5, 0.6) is 11.5 Å². The molecule has 1 unspecified atom stereocenters. The van der Waals surface area contributed by atoms with E-state index in [2.05, 4.69) is 15.9 Å². The Hall–Kier alpha value is -1.04. The zero-order valence-electron chi connectivity index (χ0n) is 10.4. The molecule has 3 nitrogen and oxygen atoms in total. The van der Waals surface area contributed by atoms with Crippen LogP contribution in [0.2, 0.25) is 0 Å². The van der Waals surface area contributed by atoms with E-state index in [0.717, 1.165) is 25.5 Å². The van der Waals surface area contributed by atoms with Crippen molar-refractivity contribution in [1.29, 1.82) is 0 Å². The van der Waals surface area contributed by atoms with Crippen molar-refractivity contribution in [3.63, 3.8) is 0 Å². The largest absolute Gasteiger partial charge is 0.486 e. The summed E-state index contributed by atoms with van der Waals surface area (Å²) in [5.74, 6) is 1.45. The average molecular weight is 341 g/mol. The number of fused-ring (bicyclic) bond motifs is 1. The molecule has 100 valence electrons. The van der Waals surface area contributed by atoms with E-state index >= 15 is 0 Å². The maximum Gasteiger partial charge on any atom is 0.161 e. The monoisotopic (exact) mass is 340 g/mol. The second kappa shape index (κ2) is 5.15. The number of ether oxygens (including phenoxy) is 2. The van der Waals surface area contributed by atoms with Crippen LogP contribution in [0.4, 0.5) is 0 Å². The van der Waals surface area contributed by atoms with Crippen molar-refractivity contribution in [2.45, 2.75) is 13.0 Å². The molecule has 1 aromatic carbocycles. The first-order valence-electron chi connectivity index (χ1n) is 5.98. The van der Waals surface area contributed by atoms with Crippen LogP contribution in [0.3, 0.4) is 0 Å². The highest BCUT2D eigenvalue weighted by atomic mass is 79.9. The Balaban J connectivity index is 1.93. The van der Waals surface area contributed by atoms with Crippen molar-refractivity contribution in [3.8, 4) is 11.5 Å². The highest BCUT2D eigenvalue weighted by molar-refractivity contribution is 9.11. The van der Waals surface area contributed by atoms with E-state index < -0.39 is 6.10 Å². The molecule has 0 amide bonds. The lowest BCUT2D eigenvalue weighted by Gasteiger charge is -2.20. The molecule has 1 aliphatic rings. The van der Waals surface area contributed by atoms with Gasteiger partial charge in [-0.05, 0) is 52.2 Å². The Morgan fingerprint density at radius 2 is 1.95 bits per heavy atom. The molecule has 0 saturated heterocycles. The van der Waals surface area contributed by atoms with Crippen LogP contribution in [0.15, 0.2) is 28.1 Å². The van der Waals surface area contributed by atoms with Crippen molar-refractivity contribution in [3.05, 3.63) is 44.1 Å². The molecule has 1 atom stereocenters. The number of aliphatic hydroxyl groups excluding tert-OH is 1. The number of aliphatic hydroxyl groups is 1. The van der Waals surface area contributed by atoms with Gasteiger partial charge < -0.3 is 14.6 Å². The number of thiophene rings is 1. The summed E-state index contributed by atoms with van der Waals surface area (Å²) < 4.78 is 12.1. The number of rotatable bonds is 2. The summed E-state index contributed by atoms with van der Waals surface area (Å²) in [7, 11) is 0. The zero-order chi connectivity index (χ0) is 13.4. The molecule has 0 spiro atoms. The van der Waals surface area contributed by atoms with E-state index in [1.54, 1.807) is 11.3 Å². The van der Waals surface area contributed by atoms with Crippen molar-refractivity contribution in [2.24, 2.45) is 0 Å². The lowest BCUT2D eigenvalue weighted by atomic mass is 10.1. The first kappa shape index (κ1) is 13.0. The summed E-state index contributed by atoms with van der Waals surface area (Å²) >= 11 is 5.03. The molecular weight excluding hydrogens is 328 g/mol. The first-order chi connectivity index (χ1) is 9.15. The van der Waals surface area contributed by atoms with E-state index in [9.17, 15) is 5.11 Å². The lowest BCUT2D eigenvalue weighted by molar-refractivity contribution is 0.170. The fourth-order valence-corrected chi connectivity index (χ4v) is 3.60. The third kappa shape index (κ3) is 2.50. The fourth-order valence-electron chi connectivity index (χ4n) is 2.01. The molecule has 5 heteroatoms. The molecule has 1 aliphatic heterocycles. The van der Waals surface area contributed by atoms with E-state index in [1.165, 1.54) is 0 Å². The van der Waals surface area contributed by atoms with Crippen LogP contribution < -0.4 is 9.47 Å². The normalized spacial score (nSPS) is 15.3. The lowest BCUT2D eigenvalue weighted by Crippen LogP contribution is -2.15. The van der Waals surface area contributed by atoms with Gasteiger partial charge in [-0.15, -0.1) is 11.3 Å². The molecule has 0 bridgehead atoms. The predicted molar refractivity (Wildman–Crippen MR) is 78.2 cm³/mol. The molecule has 0 fully saturated rings. The van der Waals surface area contributed by atoms with Crippen LogP contribution in [0.25, 0.3) is 0 Å². The van der Waals surface area contributed by atoms with Gasteiger partial charge in [-0.3, -0.25) is 0 Å². The van der Waals surface area contributed by atoms with Gasteiger partial charge in [0.05, 0.1) is 3.79 Å². The maximum absolute atomic E-state index is 10.4. The van der Waals surface area contributed by atoms with Gasteiger partial charge in [0, 0.05) is 4.88 Å². The highest BCUT2D eigenvalue weighted by Gasteiger charge is 2.18. The minimum Gasteiger partial charge on any atom is -0.486 e. The van der Waals surface area contributed by atoms with Gasteiger partial charge in [0.25, 0.3) is 0 Å². The van der Waals surface area contributed by atoms with Crippen LogP contribution in [0, 0.1) is 6.92 Å². The van der Waals surface area contributed by atoms with Crippen molar-refractivity contribution in [1.82, 2.24) is 0 Å². The third-order valence-electron chi connectivity index (χ3n) is 3.03. The summed E-state index contributed by atoms with van der Waals surface area (Å²) in [5.41, 5.74) is 1.95. The van der Waals surface area contributed by atoms with Crippen LogP contribution in [-0.2, 0) is 0 Å². The smallest absolute Gasteiger partial charge is 0.161 e. The predicted octanol–water partition coefficient (Wildman–Crippen LogP) is 3.67. The third-order valence-corrected chi connectivity index (χ3v) is 5.22. The fraction of sp³-hybridized carbons (Fsp3) is 0.286. The minimum atomic E-state index is -0.633. The van der Waals surface area contributed by atoms with E-state index in [4.69, 9.17) is 9.47 Å². The number of hydrogen-bond donors (Lipinski definition) is 1. The molecule has 1 aromatic heterocycles. The maximum atomic E-state index is 10.4. The Morgan fingerprint density at radius 1 is 1.21 bits per heavy atom. The SMILES string of the molecule is Cc1cc(C(O)c2ccc3c(c2)OCCO3)sc1Br. The average Bonchev–Trinajstić information content (AvgIpc) is 2.77.